The van der Waals surface area contributed by atoms with E-state index in [1.54, 1.807) is 12.4 Å². The summed E-state index contributed by atoms with van der Waals surface area (Å²) in [6, 6.07) is 8.13. The largest absolute Gasteiger partial charge is 0.380 e. The zero-order valence-electron chi connectivity index (χ0n) is 11.3. The molecule has 104 valence electrons. The second-order valence-electron chi connectivity index (χ2n) is 4.71. The van der Waals surface area contributed by atoms with Crippen molar-refractivity contribution in [1.29, 1.82) is 0 Å². The number of nitrogens with zero attached hydrogens (tertiary/aromatic N) is 3. The van der Waals surface area contributed by atoms with Crippen LogP contribution in [0.2, 0.25) is 0 Å². The Kier molecular flexibility index (Phi) is 4.08. The molecule has 0 atom stereocenters. The third-order valence-corrected chi connectivity index (χ3v) is 3.33. The summed E-state index contributed by atoms with van der Waals surface area (Å²) in [4.78, 5) is 10.8. The van der Waals surface area contributed by atoms with E-state index in [1.807, 2.05) is 18.3 Å². The Morgan fingerprint density at radius 1 is 1.10 bits per heavy atom. The van der Waals surface area contributed by atoms with Crippen molar-refractivity contribution in [3.05, 3.63) is 48.4 Å². The maximum Gasteiger partial charge on any atom is 0.128 e. The molecular weight excluding hydrogens is 252 g/mol. The van der Waals surface area contributed by atoms with Crippen LogP contribution >= 0.6 is 0 Å². The highest BCUT2D eigenvalue weighted by atomic mass is 16.5. The Morgan fingerprint density at radius 2 is 1.90 bits per heavy atom. The summed E-state index contributed by atoms with van der Waals surface area (Å²) >= 11 is 0. The summed E-state index contributed by atoms with van der Waals surface area (Å²) in [7, 11) is 0. The van der Waals surface area contributed by atoms with E-state index in [2.05, 4.69) is 32.3 Å². The third-order valence-electron chi connectivity index (χ3n) is 3.33. The van der Waals surface area contributed by atoms with Crippen LogP contribution in [0.5, 0.6) is 0 Å². The molecule has 0 amide bonds. The fraction of sp³-hybridized carbons (Fsp3) is 0.333. The van der Waals surface area contributed by atoms with Crippen LogP contribution in [0, 0.1) is 0 Å². The van der Waals surface area contributed by atoms with E-state index in [0.29, 0.717) is 0 Å². The molecule has 1 N–H and O–H groups in total. The topological polar surface area (TPSA) is 50.3 Å². The molecule has 1 fully saturated rings. The predicted octanol–water partition coefficient (Wildman–Crippen LogP) is 1.93. The molecule has 3 rings (SSSR count). The van der Waals surface area contributed by atoms with Crippen LogP contribution in [0.3, 0.4) is 0 Å². The van der Waals surface area contributed by atoms with Crippen LogP contribution in [-0.4, -0.2) is 36.3 Å². The first-order valence-electron chi connectivity index (χ1n) is 6.83. The van der Waals surface area contributed by atoms with Gasteiger partial charge in [-0.05, 0) is 29.8 Å². The van der Waals surface area contributed by atoms with Crippen molar-refractivity contribution in [2.24, 2.45) is 0 Å². The highest BCUT2D eigenvalue weighted by Gasteiger charge is 2.11. The molecule has 1 aliphatic rings. The maximum atomic E-state index is 5.35. The molecular formula is C15H18N4O. The van der Waals surface area contributed by atoms with Gasteiger partial charge in [-0.3, -0.25) is 4.98 Å². The van der Waals surface area contributed by atoms with Gasteiger partial charge < -0.3 is 15.0 Å². The van der Waals surface area contributed by atoms with Crippen LogP contribution in [0.4, 0.5) is 11.5 Å². The second kappa shape index (κ2) is 6.34. The molecule has 5 nitrogen and oxygen atoms in total. The van der Waals surface area contributed by atoms with Crippen LogP contribution in [0.15, 0.2) is 42.9 Å². The van der Waals surface area contributed by atoms with Crippen molar-refractivity contribution in [2.45, 2.75) is 6.54 Å². The lowest BCUT2D eigenvalue weighted by atomic mass is 10.2. The van der Waals surface area contributed by atoms with Gasteiger partial charge in [-0.15, -0.1) is 0 Å². The number of pyridine rings is 2. The molecule has 0 bridgehead atoms. The van der Waals surface area contributed by atoms with E-state index < -0.39 is 0 Å². The van der Waals surface area contributed by atoms with Gasteiger partial charge in [-0.2, -0.15) is 0 Å². The summed E-state index contributed by atoms with van der Waals surface area (Å²) in [6.45, 7) is 4.17. The van der Waals surface area contributed by atoms with E-state index >= 15 is 0 Å². The Hall–Kier alpha value is -2.14. The van der Waals surface area contributed by atoms with E-state index in [9.17, 15) is 0 Å². The second-order valence-corrected chi connectivity index (χ2v) is 4.71. The lowest BCUT2D eigenvalue weighted by molar-refractivity contribution is 0.122. The molecule has 0 spiro atoms. The zero-order chi connectivity index (χ0) is 13.6. The van der Waals surface area contributed by atoms with Gasteiger partial charge in [0.15, 0.2) is 0 Å². The normalized spacial score (nSPS) is 15.1. The van der Waals surface area contributed by atoms with Crippen molar-refractivity contribution in [1.82, 2.24) is 9.97 Å². The predicted molar refractivity (Wildman–Crippen MR) is 78.8 cm³/mol. The molecule has 0 aliphatic carbocycles. The van der Waals surface area contributed by atoms with Crippen LogP contribution in [-0.2, 0) is 11.3 Å². The number of aromatic nitrogens is 2. The minimum Gasteiger partial charge on any atom is -0.380 e. The Bertz CT molecular complexity index is 523. The van der Waals surface area contributed by atoms with Crippen LogP contribution < -0.4 is 10.2 Å². The first kappa shape index (κ1) is 12.9. The summed E-state index contributed by atoms with van der Waals surface area (Å²) in [5.41, 5.74) is 2.23. The minimum atomic E-state index is 0.779. The number of anilines is 2. The monoisotopic (exact) mass is 270 g/mol. The van der Waals surface area contributed by atoms with Crippen molar-refractivity contribution >= 4 is 11.5 Å². The number of ether oxygens (including phenoxy) is 1. The molecule has 1 saturated heterocycles. The van der Waals surface area contributed by atoms with Gasteiger partial charge >= 0.3 is 0 Å². The molecule has 0 aromatic carbocycles. The molecule has 3 heterocycles. The summed E-state index contributed by atoms with van der Waals surface area (Å²) in [6.07, 6.45) is 5.49. The van der Waals surface area contributed by atoms with Gasteiger partial charge in [0.2, 0.25) is 0 Å². The molecule has 2 aromatic rings. The molecule has 0 unspecified atom stereocenters. The molecule has 20 heavy (non-hydrogen) atoms. The highest BCUT2D eigenvalue weighted by molar-refractivity contribution is 5.49. The van der Waals surface area contributed by atoms with Crippen molar-refractivity contribution in [3.63, 3.8) is 0 Å². The standard InChI is InChI=1S/C15H18N4O/c1-2-15(19-7-9-20-10-8-19)18-12-14(1)17-11-13-3-5-16-6-4-13/h1-6,12,17H,7-11H2. The van der Waals surface area contributed by atoms with Gasteiger partial charge in [-0.1, -0.05) is 0 Å². The van der Waals surface area contributed by atoms with E-state index in [4.69, 9.17) is 4.74 Å². The highest BCUT2D eigenvalue weighted by Crippen LogP contribution is 2.15. The first-order chi connectivity index (χ1) is 9.92. The first-order valence-corrected chi connectivity index (χ1v) is 6.83. The van der Waals surface area contributed by atoms with Crippen molar-refractivity contribution in [2.75, 3.05) is 36.5 Å². The van der Waals surface area contributed by atoms with Crippen LogP contribution in [0.1, 0.15) is 5.56 Å². The smallest absolute Gasteiger partial charge is 0.128 e. The summed E-state index contributed by atoms with van der Waals surface area (Å²) < 4.78 is 5.35. The maximum absolute atomic E-state index is 5.35. The fourth-order valence-electron chi connectivity index (χ4n) is 2.17. The fourth-order valence-corrected chi connectivity index (χ4v) is 2.17. The lowest BCUT2D eigenvalue weighted by Crippen LogP contribution is -2.36. The molecule has 1 aliphatic heterocycles. The molecule has 0 saturated carbocycles. The summed E-state index contributed by atoms with van der Waals surface area (Å²) in [5.74, 6) is 1.02. The number of hydrogen-bond donors (Lipinski definition) is 1. The van der Waals surface area contributed by atoms with Gasteiger partial charge in [-0.25, -0.2) is 4.98 Å². The SMILES string of the molecule is c1cc(CNc2ccc(N3CCOCC3)nc2)ccn1. The Morgan fingerprint density at radius 3 is 2.60 bits per heavy atom. The molecule has 0 radical (unpaired) electrons. The van der Waals surface area contributed by atoms with Gasteiger partial charge in [0.05, 0.1) is 25.1 Å². The van der Waals surface area contributed by atoms with E-state index in [0.717, 1.165) is 44.4 Å². The van der Waals surface area contributed by atoms with Gasteiger partial charge in [0.1, 0.15) is 5.82 Å². The number of nitrogens with one attached hydrogen (secondary N) is 1. The van der Waals surface area contributed by atoms with Crippen LogP contribution in [0.25, 0.3) is 0 Å². The lowest BCUT2D eigenvalue weighted by Gasteiger charge is -2.27. The third kappa shape index (κ3) is 3.24. The Balaban J connectivity index is 1.58. The van der Waals surface area contributed by atoms with Gasteiger partial charge in [0, 0.05) is 32.0 Å². The quantitative estimate of drug-likeness (QED) is 0.920. The minimum absolute atomic E-state index is 0.779. The molecule has 5 heteroatoms. The summed E-state index contributed by atoms with van der Waals surface area (Å²) in [5, 5.41) is 3.36. The zero-order valence-corrected chi connectivity index (χ0v) is 11.3. The van der Waals surface area contributed by atoms with Gasteiger partial charge in [0.25, 0.3) is 0 Å². The van der Waals surface area contributed by atoms with Crippen molar-refractivity contribution in [3.8, 4) is 0 Å². The molecule has 2 aromatic heterocycles. The van der Waals surface area contributed by atoms with Crippen molar-refractivity contribution < 1.29 is 4.74 Å². The number of hydrogen-bond acceptors (Lipinski definition) is 5. The average molecular weight is 270 g/mol. The number of morpholine rings is 1. The van der Waals surface area contributed by atoms with E-state index in [1.165, 1.54) is 5.56 Å². The number of rotatable bonds is 4. The average Bonchev–Trinajstić information content (AvgIpc) is 2.55. The Labute approximate surface area is 118 Å². The van der Waals surface area contributed by atoms with E-state index in [-0.39, 0.29) is 0 Å².